The van der Waals surface area contributed by atoms with Crippen molar-refractivity contribution in [3.05, 3.63) is 109 Å². The van der Waals surface area contributed by atoms with Crippen molar-refractivity contribution in [2.45, 2.75) is 13.1 Å². The fourth-order valence-electron chi connectivity index (χ4n) is 3.73. The SMILES string of the molecule is c1ccc(-n2cc(CN(Cc3cn(-c4ccccc4)nn3)c3nc4ccccc4s3)nn2)cc1. The van der Waals surface area contributed by atoms with E-state index >= 15 is 0 Å². The van der Waals surface area contributed by atoms with E-state index in [1.165, 1.54) is 0 Å². The molecule has 0 amide bonds. The number of nitrogens with zero attached hydrogens (tertiary/aromatic N) is 8. The predicted molar refractivity (Wildman–Crippen MR) is 132 cm³/mol. The smallest absolute Gasteiger partial charge is 0.187 e. The van der Waals surface area contributed by atoms with Gasteiger partial charge in [-0.3, -0.25) is 0 Å². The van der Waals surface area contributed by atoms with E-state index in [-0.39, 0.29) is 0 Å². The van der Waals surface area contributed by atoms with E-state index in [1.807, 2.05) is 91.3 Å². The van der Waals surface area contributed by atoms with Gasteiger partial charge in [-0.15, -0.1) is 10.2 Å². The summed E-state index contributed by atoms with van der Waals surface area (Å²) < 4.78 is 4.72. The lowest BCUT2D eigenvalue weighted by Gasteiger charge is -2.19. The van der Waals surface area contributed by atoms with Gasteiger partial charge in [0.2, 0.25) is 0 Å². The van der Waals surface area contributed by atoms with Gasteiger partial charge in [-0.25, -0.2) is 14.3 Å². The van der Waals surface area contributed by atoms with Gasteiger partial charge in [-0.05, 0) is 36.4 Å². The maximum atomic E-state index is 4.87. The Balaban J connectivity index is 1.31. The summed E-state index contributed by atoms with van der Waals surface area (Å²) in [6.07, 6.45) is 3.91. The quantitative estimate of drug-likeness (QED) is 0.342. The second-order valence-electron chi connectivity index (χ2n) is 7.80. The van der Waals surface area contributed by atoms with E-state index in [0.29, 0.717) is 13.1 Å². The topological polar surface area (TPSA) is 77.5 Å². The third-order valence-electron chi connectivity index (χ3n) is 5.38. The van der Waals surface area contributed by atoms with Crippen molar-refractivity contribution in [1.82, 2.24) is 35.0 Å². The van der Waals surface area contributed by atoms with Crippen LogP contribution in [-0.4, -0.2) is 35.0 Å². The van der Waals surface area contributed by atoms with Gasteiger partial charge in [0.05, 0.1) is 47.1 Å². The molecule has 0 radical (unpaired) electrons. The third-order valence-corrected chi connectivity index (χ3v) is 6.48. The highest BCUT2D eigenvalue weighted by molar-refractivity contribution is 7.22. The fraction of sp³-hybridized carbons (Fsp3) is 0.0800. The summed E-state index contributed by atoms with van der Waals surface area (Å²) in [6, 6.07) is 28.1. The first-order chi connectivity index (χ1) is 16.8. The third kappa shape index (κ3) is 4.16. The Morgan fingerprint density at radius 3 is 1.74 bits per heavy atom. The Morgan fingerprint density at radius 2 is 1.18 bits per heavy atom. The Hall–Kier alpha value is -4.37. The Labute approximate surface area is 199 Å². The van der Waals surface area contributed by atoms with E-state index < -0.39 is 0 Å². The van der Waals surface area contributed by atoms with Crippen molar-refractivity contribution >= 4 is 26.7 Å². The second kappa shape index (κ2) is 8.87. The van der Waals surface area contributed by atoms with Crippen molar-refractivity contribution in [1.29, 1.82) is 0 Å². The number of hydrogen-bond acceptors (Lipinski definition) is 7. The molecule has 0 aliphatic rings. The lowest BCUT2D eigenvalue weighted by Crippen LogP contribution is -2.22. The molecule has 0 fully saturated rings. The largest absolute Gasteiger partial charge is 0.336 e. The molecule has 8 nitrogen and oxygen atoms in total. The molecule has 6 aromatic rings. The minimum Gasteiger partial charge on any atom is -0.336 e. The van der Waals surface area contributed by atoms with Gasteiger partial charge in [0.15, 0.2) is 5.13 Å². The molecule has 3 aromatic carbocycles. The van der Waals surface area contributed by atoms with Gasteiger partial charge in [0, 0.05) is 0 Å². The van der Waals surface area contributed by atoms with Crippen LogP contribution >= 0.6 is 11.3 Å². The number of benzene rings is 3. The molecule has 0 aliphatic carbocycles. The summed E-state index contributed by atoms with van der Waals surface area (Å²) in [5.74, 6) is 0. The van der Waals surface area contributed by atoms with Crippen LogP contribution in [0.15, 0.2) is 97.3 Å². The minimum atomic E-state index is 0.546. The Kier molecular flexibility index (Phi) is 5.29. The number of anilines is 1. The van der Waals surface area contributed by atoms with Gasteiger partial charge in [0.1, 0.15) is 11.4 Å². The summed E-state index contributed by atoms with van der Waals surface area (Å²) in [5.41, 5.74) is 4.61. The molecule has 3 heterocycles. The fourth-order valence-corrected chi connectivity index (χ4v) is 4.70. The van der Waals surface area contributed by atoms with E-state index in [9.17, 15) is 0 Å². The number of para-hydroxylation sites is 3. The maximum Gasteiger partial charge on any atom is 0.187 e. The number of fused-ring (bicyclic) bond motifs is 1. The first-order valence-corrected chi connectivity index (χ1v) is 11.7. The Bertz CT molecular complexity index is 1410. The van der Waals surface area contributed by atoms with Crippen LogP contribution in [0.3, 0.4) is 0 Å². The van der Waals surface area contributed by atoms with Crippen molar-refractivity contribution < 1.29 is 0 Å². The minimum absolute atomic E-state index is 0.546. The molecular formula is C25H20N8S. The standard InChI is InChI=1S/C25H20N8S/c1-3-9-21(10-4-1)32-17-19(27-29-32)15-31(25-26-23-13-7-8-14-24(23)34-25)16-20-18-33(30-28-20)22-11-5-2-6-12-22/h1-14,17-18H,15-16H2. The Morgan fingerprint density at radius 1 is 0.647 bits per heavy atom. The molecular weight excluding hydrogens is 444 g/mol. The molecule has 0 saturated heterocycles. The van der Waals surface area contributed by atoms with Crippen LogP contribution in [-0.2, 0) is 13.1 Å². The van der Waals surface area contributed by atoms with Crippen LogP contribution in [0.25, 0.3) is 21.6 Å². The summed E-state index contributed by atoms with van der Waals surface area (Å²) in [6.45, 7) is 1.09. The molecule has 0 N–H and O–H groups in total. The number of rotatable bonds is 7. The molecule has 0 unspecified atom stereocenters. The normalized spacial score (nSPS) is 11.2. The number of hydrogen-bond donors (Lipinski definition) is 0. The zero-order valence-electron chi connectivity index (χ0n) is 18.1. The van der Waals surface area contributed by atoms with Gasteiger partial charge < -0.3 is 4.90 Å². The summed E-state index contributed by atoms with van der Waals surface area (Å²) in [7, 11) is 0. The van der Waals surface area contributed by atoms with Gasteiger partial charge in [0.25, 0.3) is 0 Å². The zero-order chi connectivity index (χ0) is 22.7. The lowest BCUT2D eigenvalue weighted by molar-refractivity contribution is 0.744. The van der Waals surface area contributed by atoms with Crippen molar-refractivity contribution in [2.24, 2.45) is 0 Å². The molecule has 3 aromatic heterocycles. The molecule has 0 atom stereocenters. The van der Waals surface area contributed by atoms with Gasteiger partial charge in [-0.1, -0.05) is 70.3 Å². The lowest BCUT2D eigenvalue weighted by atomic mass is 10.3. The average Bonchev–Trinajstić information content (AvgIpc) is 3.64. The summed E-state index contributed by atoms with van der Waals surface area (Å²) in [5, 5.41) is 18.4. The molecule has 0 bridgehead atoms. The van der Waals surface area contributed by atoms with E-state index in [2.05, 4.69) is 31.6 Å². The molecule has 6 rings (SSSR count). The van der Waals surface area contributed by atoms with E-state index in [4.69, 9.17) is 4.98 Å². The van der Waals surface area contributed by atoms with Crippen molar-refractivity contribution in [3.8, 4) is 11.4 Å². The van der Waals surface area contributed by atoms with E-state index in [0.717, 1.165) is 38.1 Å². The molecule has 0 aliphatic heterocycles. The molecule has 9 heteroatoms. The van der Waals surface area contributed by atoms with Crippen LogP contribution in [0.2, 0.25) is 0 Å². The zero-order valence-corrected chi connectivity index (χ0v) is 19.0. The van der Waals surface area contributed by atoms with Gasteiger partial charge >= 0.3 is 0 Å². The number of thiazole rings is 1. The molecule has 0 spiro atoms. The predicted octanol–water partition coefficient (Wildman–Crippen LogP) is 4.66. The van der Waals surface area contributed by atoms with Crippen LogP contribution in [0, 0.1) is 0 Å². The monoisotopic (exact) mass is 464 g/mol. The number of aromatic nitrogens is 7. The highest BCUT2D eigenvalue weighted by Crippen LogP contribution is 2.30. The van der Waals surface area contributed by atoms with Crippen LogP contribution in [0.4, 0.5) is 5.13 Å². The van der Waals surface area contributed by atoms with Crippen molar-refractivity contribution in [2.75, 3.05) is 4.90 Å². The van der Waals surface area contributed by atoms with E-state index in [1.54, 1.807) is 20.7 Å². The van der Waals surface area contributed by atoms with Crippen LogP contribution < -0.4 is 4.90 Å². The average molecular weight is 465 g/mol. The highest BCUT2D eigenvalue weighted by Gasteiger charge is 2.17. The molecule has 166 valence electrons. The first kappa shape index (κ1) is 20.3. The van der Waals surface area contributed by atoms with Crippen LogP contribution in [0.5, 0.6) is 0 Å². The summed E-state index contributed by atoms with van der Waals surface area (Å²) in [4.78, 5) is 7.04. The van der Waals surface area contributed by atoms with Crippen LogP contribution in [0.1, 0.15) is 11.4 Å². The summed E-state index contributed by atoms with van der Waals surface area (Å²) >= 11 is 1.66. The second-order valence-corrected chi connectivity index (χ2v) is 8.81. The highest BCUT2D eigenvalue weighted by atomic mass is 32.1. The molecule has 34 heavy (non-hydrogen) atoms. The molecule has 0 saturated carbocycles. The first-order valence-electron chi connectivity index (χ1n) is 10.9. The van der Waals surface area contributed by atoms with Crippen molar-refractivity contribution in [3.63, 3.8) is 0 Å². The maximum absolute atomic E-state index is 4.87. The van der Waals surface area contributed by atoms with Gasteiger partial charge in [-0.2, -0.15) is 0 Å².